The number of carbonyl (C=O) groups is 2. The van der Waals surface area contributed by atoms with Crippen molar-refractivity contribution in [3.8, 4) is 0 Å². The lowest BCUT2D eigenvalue weighted by molar-refractivity contribution is -0.146. The summed E-state index contributed by atoms with van der Waals surface area (Å²) in [4.78, 5) is 28.5. The quantitative estimate of drug-likeness (QED) is 0.810. The summed E-state index contributed by atoms with van der Waals surface area (Å²) in [6.45, 7) is 5.40. The van der Waals surface area contributed by atoms with Crippen molar-refractivity contribution < 1.29 is 14.3 Å². The Bertz CT molecular complexity index is 395. The number of hydrogen-bond donors (Lipinski definition) is 1. The Morgan fingerprint density at radius 2 is 1.68 bits per heavy atom. The molecule has 6 heteroatoms. The molecule has 3 aliphatic rings. The van der Waals surface area contributed by atoms with Crippen molar-refractivity contribution in [2.75, 3.05) is 45.9 Å². The van der Waals surface area contributed by atoms with E-state index in [2.05, 4.69) is 5.32 Å². The van der Waals surface area contributed by atoms with E-state index in [0.29, 0.717) is 45.1 Å². The standard InChI is InChI=1S/C16H27N3O3/c20-15(12-13-3-5-17-6-4-13)18-7-9-19(10-8-18)16(21)14-2-1-11-22-14/h13-14,17H,1-12H2. The summed E-state index contributed by atoms with van der Waals surface area (Å²) < 4.78 is 5.47. The smallest absolute Gasteiger partial charge is 0.251 e. The molecule has 0 spiro atoms. The molecule has 3 fully saturated rings. The summed E-state index contributed by atoms with van der Waals surface area (Å²) >= 11 is 0. The zero-order chi connectivity index (χ0) is 15.4. The molecule has 3 aliphatic heterocycles. The van der Waals surface area contributed by atoms with E-state index in [9.17, 15) is 9.59 Å². The average Bonchev–Trinajstić information content (AvgIpc) is 3.10. The van der Waals surface area contributed by atoms with Crippen LogP contribution in [-0.4, -0.2) is 73.6 Å². The number of amides is 2. The summed E-state index contributed by atoms with van der Waals surface area (Å²) in [6.07, 6.45) is 4.45. The van der Waals surface area contributed by atoms with Gasteiger partial charge in [-0.05, 0) is 44.7 Å². The number of nitrogens with one attached hydrogen (secondary N) is 1. The van der Waals surface area contributed by atoms with Crippen molar-refractivity contribution >= 4 is 11.8 Å². The Morgan fingerprint density at radius 3 is 2.32 bits per heavy atom. The zero-order valence-electron chi connectivity index (χ0n) is 13.3. The number of ether oxygens (including phenoxy) is 1. The van der Waals surface area contributed by atoms with Gasteiger partial charge in [0.1, 0.15) is 6.10 Å². The predicted molar refractivity (Wildman–Crippen MR) is 82.3 cm³/mol. The van der Waals surface area contributed by atoms with Gasteiger partial charge in [0.2, 0.25) is 5.91 Å². The van der Waals surface area contributed by atoms with Crippen molar-refractivity contribution in [2.24, 2.45) is 5.92 Å². The molecule has 3 heterocycles. The molecule has 0 aromatic rings. The highest BCUT2D eigenvalue weighted by molar-refractivity contribution is 5.82. The molecule has 0 radical (unpaired) electrons. The van der Waals surface area contributed by atoms with Crippen LogP contribution in [0, 0.1) is 5.92 Å². The maximum Gasteiger partial charge on any atom is 0.251 e. The molecule has 3 saturated heterocycles. The van der Waals surface area contributed by atoms with E-state index in [1.807, 2.05) is 9.80 Å². The summed E-state index contributed by atoms with van der Waals surface area (Å²) in [5, 5.41) is 3.33. The van der Waals surface area contributed by atoms with Crippen LogP contribution in [0.3, 0.4) is 0 Å². The monoisotopic (exact) mass is 309 g/mol. The summed E-state index contributed by atoms with van der Waals surface area (Å²) in [6, 6.07) is 0. The second kappa shape index (κ2) is 7.42. The molecule has 124 valence electrons. The number of nitrogens with zero attached hydrogens (tertiary/aromatic N) is 2. The lowest BCUT2D eigenvalue weighted by Crippen LogP contribution is -2.53. The van der Waals surface area contributed by atoms with E-state index in [-0.39, 0.29) is 17.9 Å². The van der Waals surface area contributed by atoms with Crippen molar-refractivity contribution in [3.63, 3.8) is 0 Å². The molecule has 1 atom stereocenters. The van der Waals surface area contributed by atoms with Crippen LogP contribution in [0.2, 0.25) is 0 Å². The SMILES string of the molecule is O=C(CC1CCNCC1)N1CCN(C(=O)C2CCCO2)CC1. The normalized spacial score (nSPS) is 27.2. The van der Waals surface area contributed by atoms with Gasteiger partial charge in [-0.1, -0.05) is 0 Å². The minimum Gasteiger partial charge on any atom is -0.368 e. The maximum atomic E-state index is 12.4. The van der Waals surface area contributed by atoms with Gasteiger partial charge in [0.15, 0.2) is 0 Å². The predicted octanol–water partition coefficient (Wildman–Crippen LogP) is 0.226. The van der Waals surface area contributed by atoms with Gasteiger partial charge in [0.25, 0.3) is 5.91 Å². The molecule has 1 unspecified atom stereocenters. The molecule has 2 amide bonds. The number of piperazine rings is 1. The summed E-state index contributed by atoms with van der Waals surface area (Å²) in [5.74, 6) is 0.902. The van der Waals surface area contributed by atoms with Gasteiger partial charge in [0, 0.05) is 39.2 Å². The summed E-state index contributed by atoms with van der Waals surface area (Å²) in [7, 11) is 0. The van der Waals surface area contributed by atoms with Gasteiger partial charge >= 0.3 is 0 Å². The minimum absolute atomic E-state index is 0.114. The highest BCUT2D eigenvalue weighted by Crippen LogP contribution is 2.19. The first-order chi connectivity index (χ1) is 10.7. The van der Waals surface area contributed by atoms with Gasteiger partial charge in [0.05, 0.1) is 0 Å². The minimum atomic E-state index is -0.239. The third-order valence-electron chi connectivity index (χ3n) is 5.07. The van der Waals surface area contributed by atoms with Crippen LogP contribution in [0.25, 0.3) is 0 Å². The molecular formula is C16H27N3O3. The second-order valence-corrected chi connectivity index (χ2v) is 6.61. The van der Waals surface area contributed by atoms with E-state index in [1.165, 1.54) is 0 Å². The number of hydrogen-bond acceptors (Lipinski definition) is 4. The fourth-order valence-electron chi connectivity index (χ4n) is 3.61. The number of carbonyl (C=O) groups excluding carboxylic acids is 2. The third-order valence-corrected chi connectivity index (χ3v) is 5.07. The van der Waals surface area contributed by atoms with Crippen molar-refractivity contribution in [3.05, 3.63) is 0 Å². The van der Waals surface area contributed by atoms with Crippen molar-refractivity contribution in [2.45, 2.75) is 38.2 Å². The van der Waals surface area contributed by atoms with Gasteiger partial charge in [-0.3, -0.25) is 9.59 Å². The first kappa shape index (κ1) is 15.7. The van der Waals surface area contributed by atoms with E-state index >= 15 is 0 Å². The molecule has 0 saturated carbocycles. The number of piperidine rings is 1. The zero-order valence-corrected chi connectivity index (χ0v) is 13.3. The number of rotatable bonds is 3. The molecule has 22 heavy (non-hydrogen) atoms. The lowest BCUT2D eigenvalue weighted by Gasteiger charge is -2.36. The fraction of sp³-hybridized carbons (Fsp3) is 0.875. The Morgan fingerprint density at radius 1 is 1.00 bits per heavy atom. The van der Waals surface area contributed by atoms with E-state index < -0.39 is 0 Å². The second-order valence-electron chi connectivity index (χ2n) is 6.61. The van der Waals surface area contributed by atoms with Gasteiger partial charge in [-0.15, -0.1) is 0 Å². The first-order valence-electron chi connectivity index (χ1n) is 8.63. The highest BCUT2D eigenvalue weighted by atomic mass is 16.5. The first-order valence-corrected chi connectivity index (χ1v) is 8.63. The molecule has 1 N–H and O–H groups in total. The Hall–Kier alpha value is -1.14. The van der Waals surface area contributed by atoms with Crippen molar-refractivity contribution in [1.82, 2.24) is 15.1 Å². The maximum absolute atomic E-state index is 12.4. The van der Waals surface area contributed by atoms with Crippen molar-refractivity contribution in [1.29, 1.82) is 0 Å². The van der Waals surface area contributed by atoms with Gasteiger partial charge < -0.3 is 19.9 Å². The van der Waals surface area contributed by atoms with Gasteiger partial charge in [-0.2, -0.15) is 0 Å². The topological polar surface area (TPSA) is 61.9 Å². The largest absolute Gasteiger partial charge is 0.368 e. The molecular weight excluding hydrogens is 282 g/mol. The summed E-state index contributed by atoms with van der Waals surface area (Å²) in [5.41, 5.74) is 0. The van der Waals surface area contributed by atoms with Crippen LogP contribution in [0.15, 0.2) is 0 Å². The Kier molecular flexibility index (Phi) is 5.31. The Balaban J connectivity index is 1.42. The van der Waals surface area contributed by atoms with Crippen LogP contribution in [0.5, 0.6) is 0 Å². The average molecular weight is 309 g/mol. The lowest BCUT2D eigenvalue weighted by atomic mass is 9.94. The Labute approximate surface area is 132 Å². The van der Waals surface area contributed by atoms with Crippen LogP contribution < -0.4 is 5.32 Å². The van der Waals surface area contributed by atoms with Gasteiger partial charge in [-0.25, -0.2) is 0 Å². The molecule has 0 bridgehead atoms. The fourth-order valence-corrected chi connectivity index (χ4v) is 3.61. The molecule has 6 nitrogen and oxygen atoms in total. The van der Waals surface area contributed by atoms with Crippen LogP contribution in [0.1, 0.15) is 32.1 Å². The van der Waals surface area contributed by atoms with E-state index in [1.54, 1.807) is 0 Å². The molecule has 0 aromatic carbocycles. The third kappa shape index (κ3) is 3.79. The van der Waals surface area contributed by atoms with E-state index in [4.69, 9.17) is 4.74 Å². The molecule has 0 aromatic heterocycles. The van der Waals surface area contributed by atoms with Crippen LogP contribution in [0.4, 0.5) is 0 Å². The highest BCUT2D eigenvalue weighted by Gasteiger charge is 2.31. The molecule has 3 rings (SSSR count). The van der Waals surface area contributed by atoms with E-state index in [0.717, 1.165) is 38.8 Å². The van der Waals surface area contributed by atoms with Crippen LogP contribution >= 0.6 is 0 Å². The molecule has 0 aliphatic carbocycles. The van der Waals surface area contributed by atoms with Crippen LogP contribution in [-0.2, 0) is 14.3 Å².